The van der Waals surface area contributed by atoms with E-state index in [9.17, 15) is 4.79 Å². The highest BCUT2D eigenvalue weighted by molar-refractivity contribution is 7.11. The van der Waals surface area contributed by atoms with Crippen molar-refractivity contribution >= 4 is 17.2 Å². The molecule has 0 radical (unpaired) electrons. The molecule has 0 aliphatic rings. The molecule has 0 atom stereocenters. The van der Waals surface area contributed by atoms with Crippen molar-refractivity contribution in [2.24, 2.45) is 5.92 Å². The number of nitrogens with zero attached hydrogens (tertiary/aromatic N) is 1. The standard InChI is InChI=1S/C21H30N2OS/c1-5-22-21(24)19-9-7-18(8-10-19)14-23(13-12-16(2)3)15-20-11-6-17(4)25-20/h6-11,16H,5,12-15H2,1-4H3,(H,22,24). The highest BCUT2D eigenvalue weighted by Crippen LogP contribution is 2.19. The second-order valence-electron chi connectivity index (χ2n) is 6.96. The summed E-state index contributed by atoms with van der Waals surface area (Å²) in [6.07, 6.45) is 1.20. The second kappa shape index (κ2) is 9.73. The van der Waals surface area contributed by atoms with E-state index in [1.165, 1.54) is 21.7 Å². The molecule has 3 nitrogen and oxygen atoms in total. The predicted molar refractivity (Wildman–Crippen MR) is 107 cm³/mol. The fourth-order valence-electron chi connectivity index (χ4n) is 2.73. The molecule has 0 aliphatic carbocycles. The zero-order valence-corrected chi connectivity index (χ0v) is 16.7. The van der Waals surface area contributed by atoms with Gasteiger partial charge in [-0.2, -0.15) is 0 Å². The molecule has 0 spiro atoms. The average molecular weight is 359 g/mol. The molecule has 0 saturated heterocycles. The molecule has 1 heterocycles. The van der Waals surface area contributed by atoms with Gasteiger partial charge in [0.2, 0.25) is 0 Å². The maximum absolute atomic E-state index is 11.9. The van der Waals surface area contributed by atoms with Gasteiger partial charge in [0.05, 0.1) is 0 Å². The lowest BCUT2D eigenvalue weighted by molar-refractivity contribution is 0.0956. The van der Waals surface area contributed by atoms with Crippen molar-refractivity contribution in [3.8, 4) is 0 Å². The van der Waals surface area contributed by atoms with Crippen molar-refractivity contribution in [1.29, 1.82) is 0 Å². The Balaban J connectivity index is 2.03. The maximum Gasteiger partial charge on any atom is 0.251 e. The zero-order valence-electron chi connectivity index (χ0n) is 15.8. The molecular weight excluding hydrogens is 328 g/mol. The molecule has 4 heteroatoms. The highest BCUT2D eigenvalue weighted by atomic mass is 32.1. The number of aryl methyl sites for hydroxylation is 1. The summed E-state index contributed by atoms with van der Waals surface area (Å²) >= 11 is 1.88. The van der Waals surface area contributed by atoms with Gasteiger partial charge in [-0.1, -0.05) is 26.0 Å². The Kier molecular flexibility index (Phi) is 7.66. The fraction of sp³-hybridized carbons (Fsp3) is 0.476. The molecule has 0 aliphatic heterocycles. The molecule has 0 bridgehead atoms. The van der Waals surface area contributed by atoms with Crippen LogP contribution < -0.4 is 5.32 Å². The minimum atomic E-state index is -0.000209. The quantitative estimate of drug-likeness (QED) is 0.694. The van der Waals surface area contributed by atoms with Crippen LogP contribution in [0.15, 0.2) is 36.4 Å². The van der Waals surface area contributed by atoms with Gasteiger partial charge in [-0.25, -0.2) is 0 Å². The van der Waals surface area contributed by atoms with Gasteiger partial charge in [-0.3, -0.25) is 9.69 Å². The van der Waals surface area contributed by atoms with Crippen LogP contribution in [0.5, 0.6) is 0 Å². The van der Waals surface area contributed by atoms with Gasteiger partial charge in [0.25, 0.3) is 5.91 Å². The first-order chi connectivity index (χ1) is 12.0. The number of hydrogen-bond donors (Lipinski definition) is 1. The van der Waals surface area contributed by atoms with Crippen LogP contribution in [0.1, 0.15) is 52.9 Å². The number of carbonyl (C=O) groups is 1. The second-order valence-corrected chi connectivity index (χ2v) is 8.33. The molecule has 1 aromatic carbocycles. The molecule has 1 aromatic heterocycles. The molecule has 2 aromatic rings. The van der Waals surface area contributed by atoms with Crippen molar-refractivity contribution in [3.63, 3.8) is 0 Å². The smallest absolute Gasteiger partial charge is 0.251 e. The molecule has 1 N–H and O–H groups in total. The maximum atomic E-state index is 11.9. The van der Waals surface area contributed by atoms with Crippen LogP contribution in [-0.2, 0) is 13.1 Å². The number of rotatable bonds is 9. The lowest BCUT2D eigenvalue weighted by Crippen LogP contribution is -2.25. The number of hydrogen-bond acceptors (Lipinski definition) is 3. The van der Waals surface area contributed by atoms with Gasteiger partial charge >= 0.3 is 0 Å². The molecule has 136 valence electrons. The third-order valence-electron chi connectivity index (χ3n) is 4.16. The van der Waals surface area contributed by atoms with Gasteiger partial charge < -0.3 is 5.32 Å². The summed E-state index contributed by atoms with van der Waals surface area (Å²) in [7, 11) is 0. The first-order valence-electron chi connectivity index (χ1n) is 9.12. The Morgan fingerprint density at radius 1 is 1.12 bits per heavy atom. The van der Waals surface area contributed by atoms with E-state index in [0.717, 1.165) is 25.2 Å². The zero-order chi connectivity index (χ0) is 18.2. The Hall–Kier alpha value is -1.65. The van der Waals surface area contributed by atoms with E-state index in [2.05, 4.69) is 55.3 Å². The lowest BCUT2D eigenvalue weighted by atomic mass is 10.1. The summed E-state index contributed by atoms with van der Waals surface area (Å²) in [5.41, 5.74) is 1.98. The van der Waals surface area contributed by atoms with E-state index in [1.807, 2.05) is 30.4 Å². The molecule has 1 amide bonds. The van der Waals surface area contributed by atoms with Crippen molar-refractivity contribution in [2.45, 2.75) is 47.2 Å². The largest absolute Gasteiger partial charge is 0.352 e. The number of nitrogens with one attached hydrogen (secondary N) is 1. The molecule has 0 fully saturated rings. The molecule has 25 heavy (non-hydrogen) atoms. The van der Waals surface area contributed by atoms with Crippen molar-refractivity contribution in [1.82, 2.24) is 10.2 Å². The Morgan fingerprint density at radius 3 is 2.40 bits per heavy atom. The number of carbonyl (C=O) groups excluding carboxylic acids is 1. The fourth-order valence-corrected chi connectivity index (χ4v) is 3.66. The minimum Gasteiger partial charge on any atom is -0.352 e. The summed E-state index contributed by atoms with van der Waals surface area (Å²) in [5.74, 6) is 0.701. The normalized spacial score (nSPS) is 11.3. The van der Waals surface area contributed by atoms with Crippen LogP contribution in [0.4, 0.5) is 0 Å². The van der Waals surface area contributed by atoms with Gasteiger partial charge in [0.1, 0.15) is 0 Å². The SMILES string of the molecule is CCNC(=O)c1ccc(CN(CCC(C)C)Cc2ccc(C)s2)cc1. The van der Waals surface area contributed by atoms with E-state index in [0.29, 0.717) is 12.5 Å². The Morgan fingerprint density at radius 2 is 1.84 bits per heavy atom. The van der Waals surface area contributed by atoms with Crippen LogP contribution >= 0.6 is 11.3 Å². The van der Waals surface area contributed by atoms with Crippen molar-refractivity contribution in [2.75, 3.05) is 13.1 Å². The number of benzene rings is 1. The minimum absolute atomic E-state index is 0.000209. The summed E-state index contributed by atoms with van der Waals surface area (Å²) in [6.45, 7) is 12.3. The Labute approximate surface area is 156 Å². The van der Waals surface area contributed by atoms with Crippen LogP contribution in [0.25, 0.3) is 0 Å². The van der Waals surface area contributed by atoms with Gasteiger partial charge in [0, 0.05) is 35.0 Å². The molecule has 0 saturated carbocycles. The van der Waals surface area contributed by atoms with Crippen LogP contribution in [-0.4, -0.2) is 23.9 Å². The van der Waals surface area contributed by atoms with E-state index in [-0.39, 0.29) is 5.91 Å². The Bertz CT molecular complexity index is 661. The lowest BCUT2D eigenvalue weighted by Gasteiger charge is -2.23. The van der Waals surface area contributed by atoms with E-state index in [4.69, 9.17) is 0 Å². The van der Waals surface area contributed by atoms with E-state index >= 15 is 0 Å². The molecular formula is C21H30N2OS. The van der Waals surface area contributed by atoms with Crippen LogP contribution in [0.2, 0.25) is 0 Å². The number of thiophene rings is 1. The molecule has 0 unspecified atom stereocenters. The van der Waals surface area contributed by atoms with Gasteiger partial charge in [-0.05, 0) is 62.6 Å². The third kappa shape index (κ3) is 6.63. The average Bonchev–Trinajstić information content (AvgIpc) is 2.98. The van der Waals surface area contributed by atoms with Crippen LogP contribution in [0.3, 0.4) is 0 Å². The summed E-state index contributed by atoms with van der Waals surface area (Å²) in [5, 5.41) is 2.84. The van der Waals surface area contributed by atoms with E-state index < -0.39 is 0 Å². The van der Waals surface area contributed by atoms with Crippen molar-refractivity contribution in [3.05, 3.63) is 57.3 Å². The first-order valence-corrected chi connectivity index (χ1v) is 9.94. The summed E-state index contributed by atoms with van der Waals surface area (Å²) in [4.78, 5) is 17.2. The highest BCUT2D eigenvalue weighted by Gasteiger charge is 2.11. The first kappa shape index (κ1) is 19.7. The van der Waals surface area contributed by atoms with Crippen LogP contribution in [0, 0.1) is 12.8 Å². The topological polar surface area (TPSA) is 32.3 Å². The van der Waals surface area contributed by atoms with Crippen molar-refractivity contribution < 1.29 is 4.79 Å². The molecule has 2 rings (SSSR count). The number of amides is 1. The van der Waals surface area contributed by atoms with Gasteiger partial charge in [-0.15, -0.1) is 11.3 Å². The summed E-state index contributed by atoms with van der Waals surface area (Å²) < 4.78 is 0. The summed E-state index contributed by atoms with van der Waals surface area (Å²) in [6, 6.07) is 12.4. The van der Waals surface area contributed by atoms with Gasteiger partial charge in [0.15, 0.2) is 0 Å². The predicted octanol–water partition coefficient (Wildman–Crippen LogP) is 4.85. The third-order valence-corrected chi connectivity index (χ3v) is 5.14. The monoisotopic (exact) mass is 358 g/mol. The van der Waals surface area contributed by atoms with E-state index in [1.54, 1.807) is 0 Å².